The van der Waals surface area contributed by atoms with E-state index in [1.54, 1.807) is 0 Å². The highest BCUT2D eigenvalue weighted by molar-refractivity contribution is 5.77. The van der Waals surface area contributed by atoms with Crippen LogP contribution in [-0.2, 0) is 5.41 Å². The Bertz CT molecular complexity index is 1360. The van der Waals surface area contributed by atoms with Gasteiger partial charge in [-0.3, -0.25) is 0 Å². The van der Waals surface area contributed by atoms with E-state index >= 15 is 0 Å². The molecule has 4 atom stereocenters. The molecule has 0 spiro atoms. The summed E-state index contributed by atoms with van der Waals surface area (Å²) in [6, 6.07) is 20.9. The number of nitriles is 1. The lowest BCUT2D eigenvalue weighted by atomic mass is 9.64. The van der Waals surface area contributed by atoms with Gasteiger partial charge in [0.2, 0.25) is 0 Å². The van der Waals surface area contributed by atoms with Crippen LogP contribution in [0, 0.1) is 17.2 Å². The van der Waals surface area contributed by atoms with Crippen LogP contribution >= 0.6 is 0 Å². The van der Waals surface area contributed by atoms with Crippen molar-refractivity contribution in [3.05, 3.63) is 120 Å². The summed E-state index contributed by atoms with van der Waals surface area (Å²) < 4.78 is 0. The summed E-state index contributed by atoms with van der Waals surface area (Å²) in [4.78, 5) is 2.69. The molecule has 3 heteroatoms. The number of fused-ring (bicyclic) bond motifs is 2. The van der Waals surface area contributed by atoms with Crippen LogP contribution in [0.15, 0.2) is 103 Å². The van der Waals surface area contributed by atoms with E-state index < -0.39 is 0 Å². The van der Waals surface area contributed by atoms with E-state index in [1.807, 2.05) is 6.08 Å². The van der Waals surface area contributed by atoms with E-state index in [0.717, 1.165) is 18.4 Å². The Morgan fingerprint density at radius 1 is 1.03 bits per heavy atom. The van der Waals surface area contributed by atoms with Crippen molar-refractivity contribution in [2.75, 3.05) is 11.4 Å². The van der Waals surface area contributed by atoms with Crippen LogP contribution in [-0.4, -0.2) is 18.6 Å². The first-order valence-electron chi connectivity index (χ1n) is 13.1. The van der Waals surface area contributed by atoms with Crippen molar-refractivity contribution in [3.63, 3.8) is 0 Å². The zero-order valence-electron chi connectivity index (χ0n) is 21.1. The van der Waals surface area contributed by atoms with Crippen molar-refractivity contribution >= 4 is 11.3 Å². The molecule has 3 nitrogen and oxygen atoms in total. The van der Waals surface area contributed by atoms with Gasteiger partial charge in [-0.1, -0.05) is 98.8 Å². The molecule has 4 aliphatic rings. The van der Waals surface area contributed by atoms with Crippen LogP contribution in [0.2, 0.25) is 0 Å². The van der Waals surface area contributed by atoms with Crippen molar-refractivity contribution in [2.45, 2.75) is 50.1 Å². The molecular weight excluding hydrogens is 438 g/mol. The summed E-state index contributed by atoms with van der Waals surface area (Å²) in [5.74, 6) is 0.910. The first-order chi connectivity index (χ1) is 17.6. The largest absolute Gasteiger partial charge is 0.373 e. The number of hydrogen-bond donors (Lipinski definition) is 1. The second kappa shape index (κ2) is 9.03. The monoisotopic (exact) mass is 471 g/mol. The minimum Gasteiger partial charge on any atom is -0.373 e. The summed E-state index contributed by atoms with van der Waals surface area (Å²) in [6.45, 7) is 5.50. The predicted molar refractivity (Wildman–Crippen MR) is 149 cm³/mol. The number of nitrogens with zero attached hydrogens (tertiary/aromatic N) is 2. The number of para-hydroxylation sites is 1. The molecule has 1 N–H and O–H groups in total. The lowest BCUT2D eigenvalue weighted by molar-refractivity contribution is 0.306. The molecule has 180 valence electrons. The number of hydrogen-bond acceptors (Lipinski definition) is 3. The first kappa shape index (κ1) is 22.7. The molecule has 2 aliphatic heterocycles. The summed E-state index contributed by atoms with van der Waals surface area (Å²) in [7, 11) is 0. The van der Waals surface area contributed by atoms with E-state index in [1.165, 1.54) is 22.4 Å². The highest BCUT2D eigenvalue weighted by atomic mass is 15.2. The molecule has 2 heterocycles. The van der Waals surface area contributed by atoms with Gasteiger partial charge >= 0.3 is 0 Å². The van der Waals surface area contributed by atoms with E-state index in [0.29, 0.717) is 36.2 Å². The van der Waals surface area contributed by atoms with Gasteiger partial charge in [-0.05, 0) is 53.2 Å². The van der Waals surface area contributed by atoms with Gasteiger partial charge in [0.1, 0.15) is 11.8 Å². The van der Waals surface area contributed by atoms with Gasteiger partial charge in [-0.15, -0.1) is 0 Å². The lowest BCUT2D eigenvalue weighted by Crippen LogP contribution is -2.55. The molecule has 4 unspecified atom stereocenters. The minimum absolute atomic E-state index is 0.0868. The highest BCUT2D eigenvalue weighted by Crippen LogP contribution is 2.50. The van der Waals surface area contributed by atoms with E-state index in [9.17, 15) is 5.26 Å². The molecule has 0 radical (unpaired) electrons. The van der Waals surface area contributed by atoms with Crippen LogP contribution in [0.25, 0.3) is 5.57 Å². The predicted octanol–water partition coefficient (Wildman–Crippen LogP) is 6.79. The second-order valence-corrected chi connectivity index (χ2v) is 10.9. The lowest BCUT2D eigenvalue weighted by Gasteiger charge is -2.53. The maximum atomic E-state index is 9.32. The van der Waals surface area contributed by atoms with Crippen LogP contribution in [0.3, 0.4) is 0 Å². The van der Waals surface area contributed by atoms with Crippen LogP contribution in [0.1, 0.15) is 49.3 Å². The van der Waals surface area contributed by atoms with Crippen molar-refractivity contribution < 1.29 is 0 Å². The molecule has 2 aliphatic carbocycles. The zero-order chi connectivity index (χ0) is 24.7. The van der Waals surface area contributed by atoms with Gasteiger partial charge < -0.3 is 10.2 Å². The summed E-state index contributed by atoms with van der Waals surface area (Å²) in [5, 5.41) is 12.4. The third kappa shape index (κ3) is 3.82. The number of nitrogens with one attached hydrogen (secondary N) is 1. The molecular formula is C33H33N3. The molecule has 0 fully saturated rings. The summed E-state index contributed by atoms with van der Waals surface area (Å²) in [6.07, 6.45) is 20.4. The average Bonchev–Trinajstić information content (AvgIpc) is 2.94. The van der Waals surface area contributed by atoms with Crippen molar-refractivity contribution in [1.29, 1.82) is 5.26 Å². The van der Waals surface area contributed by atoms with Gasteiger partial charge in [-0.25, -0.2) is 0 Å². The van der Waals surface area contributed by atoms with Crippen molar-refractivity contribution in [1.82, 2.24) is 5.32 Å². The SMILES string of the molecule is CC1(C)c2ccccc2N(C2C=CCC(c3cccc(C4=CCNC(C#N)=C4)c3)C2)C2C=CC=CC21. The molecule has 0 bridgehead atoms. The minimum atomic E-state index is 0.0868. The van der Waals surface area contributed by atoms with Crippen molar-refractivity contribution in [3.8, 4) is 6.07 Å². The average molecular weight is 472 g/mol. The molecule has 0 saturated heterocycles. The second-order valence-electron chi connectivity index (χ2n) is 10.9. The van der Waals surface area contributed by atoms with Crippen LogP contribution < -0.4 is 10.2 Å². The van der Waals surface area contributed by atoms with Gasteiger partial charge in [0, 0.05) is 29.6 Å². The van der Waals surface area contributed by atoms with Crippen LogP contribution in [0.5, 0.6) is 0 Å². The smallest absolute Gasteiger partial charge is 0.117 e. The third-order valence-electron chi connectivity index (χ3n) is 8.53. The number of rotatable bonds is 3. The Labute approximate surface area is 214 Å². The Morgan fingerprint density at radius 2 is 1.89 bits per heavy atom. The van der Waals surface area contributed by atoms with E-state index in [4.69, 9.17) is 0 Å². The molecule has 2 aromatic carbocycles. The quantitative estimate of drug-likeness (QED) is 0.501. The zero-order valence-corrected chi connectivity index (χ0v) is 21.1. The van der Waals surface area contributed by atoms with E-state index in [2.05, 4.69) is 121 Å². The fourth-order valence-corrected chi connectivity index (χ4v) is 6.64. The summed E-state index contributed by atoms with van der Waals surface area (Å²) in [5.41, 5.74) is 7.25. The standard InChI is InChI=1S/C33H33N3/c1-33(2)29-13-3-5-15-31(29)36(32-16-6-4-14-30(32)33)28-12-8-11-25(21-28)23-9-7-10-24(19-23)26-17-18-35-27(20-26)22-34/h3-10,12-17,19-20,25,28-29,31,35H,11,18,21H2,1-2H3. The van der Waals surface area contributed by atoms with Gasteiger partial charge in [0.15, 0.2) is 0 Å². The Kier molecular flexibility index (Phi) is 5.69. The maximum absolute atomic E-state index is 9.32. The molecule has 2 aromatic rings. The van der Waals surface area contributed by atoms with Gasteiger partial charge in [0.25, 0.3) is 0 Å². The molecule has 0 amide bonds. The number of benzene rings is 2. The van der Waals surface area contributed by atoms with Gasteiger partial charge in [0.05, 0.1) is 6.04 Å². The fourth-order valence-electron chi connectivity index (χ4n) is 6.64. The Morgan fingerprint density at radius 3 is 2.78 bits per heavy atom. The Balaban J connectivity index is 1.33. The topological polar surface area (TPSA) is 39.1 Å². The highest BCUT2D eigenvalue weighted by Gasteiger charge is 2.46. The number of allylic oxidation sites excluding steroid dienone is 6. The van der Waals surface area contributed by atoms with Crippen molar-refractivity contribution in [2.24, 2.45) is 5.92 Å². The van der Waals surface area contributed by atoms with Crippen LogP contribution in [0.4, 0.5) is 5.69 Å². The van der Waals surface area contributed by atoms with E-state index in [-0.39, 0.29) is 5.41 Å². The molecule has 36 heavy (non-hydrogen) atoms. The number of dihydropyridines is 1. The number of anilines is 1. The first-order valence-corrected chi connectivity index (χ1v) is 13.1. The maximum Gasteiger partial charge on any atom is 0.117 e. The molecule has 6 rings (SSSR count). The third-order valence-corrected chi connectivity index (χ3v) is 8.53. The molecule has 0 aromatic heterocycles. The summed E-state index contributed by atoms with van der Waals surface area (Å²) >= 11 is 0. The van der Waals surface area contributed by atoms with Gasteiger partial charge in [-0.2, -0.15) is 5.26 Å². The molecule has 0 saturated carbocycles. The normalized spacial score (nSPS) is 27.8. The fraction of sp³-hybridized carbons (Fsp3) is 0.303. The Hall–Kier alpha value is -3.77.